The first kappa shape index (κ1) is 34.6. The summed E-state index contributed by atoms with van der Waals surface area (Å²) in [4.78, 5) is 25.2. The molecular formula is C28H54O8. The number of carbonyl (C=O) groups excluding carboxylic acids is 2. The predicted molar refractivity (Wildman–Crippen MR) is 141 cm³/mol. The van der Waals surface area contributed by atoms with E-state index >= 15 is 0 Å². The Morgan fingerprint density at radius 3 is 1.78 bits per heavy atom. The van der Waals surface area contributed by atoms with Crippen LogP contribution in [-0.2, 0) is 28.5 Å². The molecule has 0 heterocycles. The molecule has 8 nitrogen and oxygen atoms in total. The van der Waals surface area contributed by atoms with Crippen LogP contribution in [0.2, 0.25) is 0 Å². The number of aliphatic hydroxyl groups is 1. The van der Waals surface area contributed by atoms with Crippen LogP contribution >= 0.6 is 0 Å². The molecule has 0 spiro atoms. The van der Waals surface area contributed by atoms with E-state index in [-0.39, 0.29) is 37.3 Å². The lowest BCUT2D eigenvalue weighted by Crippen LogP contribution is -2.49. The van der Waals surface area contributed by atoms with Crippen molar-refractivity contribution in [1.82, 2.24) is 0 Å². The predicted octanol–water partition coefficient (Wildman–Crippen LogP) is 5.92. The Labute approximate surface area is 219 Å². The Morgan fingerprint density at radius 2 is 1.31 bits per heavy atom. The van der Waals surface area contributed by atoms with Crippen molar-refractivity contribution in [2.24, 2.45) is 16.7 Å². The largest absolute Gasteiger partial charge is 0.508 e. The van der Waals surface area contributed by atoms with E-state index in [0.29, 0.717) is 13.0 Å². The lowest BCUT2D eigenvalue weighted by Gasteiger charge is -2.43. The molecule has 8 heteroatoms. The van der Waals surface area contributed by atoms with E-state index in [9.17, 15) is 14.7 Å². The molecule has 1 N–H and O–H groups in total. The first-order valence-electron chi connectivity index (χ1n) is 13.0. The molecule has 214 valence electrons. The van der Waals surface area contributed by atoms with Gasteiger partial charge in [-0.25, -0.2) is 4.79 Å². The second-order valence-corrected chi connectivity index (χ2v) is 12.9. The van der Waals surface area contributed by atoms with Crippen molar-refractivity contribution in [3.05, 3.63) is 0 Å². The minimum absolute atomic E-state index is 0.0566. The second kappa shape index (κ2) is 12.9. The van der Waals surface area contributed by atoms with Crippen molar-refractivity contribution in [2.45, 2.75) is 132 Å². The fraction of sp³-hybridized carbons (Fsp3) is 0.929. The van der Waals surface area contributed by atoms with Crippen molar-refractivity contribution in [1.29, 1.82) is 0 Å². The number of carbonyl (C=O) groups is 2. The van der Waals surface area contributed by atoms with Gasteiger partial charge in [-0.15, -0.1) is 0 Å². The number of ether oxygens (including phenoxy) is 5. The molecule has 2 unspecified atom stereocenters. The van der Waals surface area contributed by atoms with E-state index in [4.69, 9.17) is 23.7 Å². The molecule has 0 radical (unpaired) electrons. The molecule has 2 atom stereocenters. The summed E-state index contributed by atoms with van der Waals surface area (Å²) in [6.07, 6.45) is -0.339. The molecule has 0 amide bonds. The molecule has 0 aliphatic heterocycles. The van der Waals surface area contributed by atoms with Crippen molar-refractivity contribution in [2.75, 3.05) is 19.8 Å². The van der Waals surface area contributed by atoms with Gasteiger partial charge in [0.25, 0.3) is 0 Å². The van der Waals surface area contributed by atoms with Gasteiger partial charge in [0.05, 0.1) is 28.8 Å². The average Bonchev–Trinajstić information content (AvgIpc) is 2.67. The zero-order chi connectivity index (χ0) is 28.8. The smallest absolute Gasteiger partial charge is 0.462 e. The van der Waals surface area contributed by atoms with Crippen molar-refractivity contribution in [3.8, 4) is 0 Å². The quantitative estimate of drug-likeness (QED) is 0.267. The van der Waals surface area contributed by atoms with Crippen molar-refractivity contribution < 1.29 is 38.4 Å². The Kier molecular flexibility index (Phi) is 12.4. The summed E-state index contributed by atoms with van der Waals surface area (Å²) in [6.45, 7) is 26.5. The van der Waals surface area contributed by atoms with Crippen molar-refractivity contribution in [3.63, 3.8) is 0 Å². The highest BCUT2D eigenvalue weighted by Crippen LogP contribution is 2.40. The Bertz CT molecular complexity index is 701. The number of hydrogen-bond donors (Lipinski definition) is 1. The Morgan fingerprint density at radius 1 is 0.778 bits per heavy atom. The second-order valence-electron chi connectivity index (χ2n) is 12.9. The van der Waals surface area contributed by atoms with Gasteiger partial charge < -0.3 is 28.8 Å². The normalized spacial score (nSPS) is 15.4. The maximum absolute atomic E-state index is 12.9. The molecule has 0 fully saturated rings. The lowest BCUT2D eigenvalue weighted by atomic mass is 9.74. The maximum Gasteiger partial charge on any atom is 0.508 e. The standard InChI is InChI=1S/C28H54O8/c1-19(2)35-21(4)18-32-22(29)25(7,8)28(13,14)34-16-15-24(5,6)27(11,12)36-23(30)33-17-20(3)26(9,10)31/h19-21,31H,15-18H2,1-14H3. The van der Waals surface area contributed by atoms with Crippen LogP contribution in [0.3, 0.4) is 0 Å². The minimum atomic E-state index is -0.959. The van der Waals surface area contributed by atoms with Gasteiger partial charge in [-0.3, -0.25) is 4.79 Å². The van der Waals surface area contributed by atoms with Crippen molar-refractivity contribution >= 4 is 12.1 Å². The van der Waals surface area contributed by atoms with E-state index in [2.05, 4.69) is 0 Å². The van der Waals surface area contributed by atoms with Crippen LogP contribution in [0.1, 0.15) is 103 Å². The number of hydrogen-bond acceptors (Lipinski definition) is 8. The highest BCUT2D eigenvalue weighted by Gasteiger charge is 2.47. The SMILES string of the molecule is CC(C)OC(C)COC(=O)C(C)(C)C(C)(C)OCCC(C)(C)C(C)(C)OC(=O)OCC(C)C(C)(C)O. The molecule has 0 bridgehead atoms. The van der Waals surface area contributed by atoms with Gasteiger partial charge in [-0.2, -0.15) is 0 Å². The molecule has 0 aliphatic rings. The van der Waals surface area contributed by atoms with Gasteiger partial charge in [0, 0.05) is 17.9 Å². The summed E-state index contributed by atoms with van der Waals surface area (Å²) in [6, 6.07) is 0. The summed E-state index contributed by atoms with van der Waals surface area (Å²) in [7, 11) is 0. The molecule has 0 aromatic rings. The van der Waals surface area contributed by atoms with Gasteiger partial charge in [0.1, 0.15) is 18.8 Å². The fourth-order valence-corrected chi connectivity index (χ4v) is 2.94. The van der Waals surface area contributed by atoms with Crippen LogP contribution in [0.25, 0.3) is 0 Å². The van der Waals surface area contributed by atoms with Crippen LogP contribution in [0.5, 0.6) is 0 Å². The molecular weight excluding hydrogens is 464 g/mol. The van der Waals surface area contributed by atoms with E-state index in [1.807, 2.05) is 76.2 Å². The molecule has 0 saturated carbocycles. The van der Waals surface area contributed by atoms with E-state index < -0.39 is 33.8 Å². The fourth-order valence-electron chi connectivity index (χ4n) is 2.94. The summed E-state index contributed by atoms with van der Waals surface area (Å²) < 4.78 is 28.3. The molecule has 36 heavy (non-hydrogen) atoms. The topological polar surface area (TPSA) is 101 Å². The Hall–Kier alpha value is -1.38. The molecule has 0 aliphatic carbocycles. The molecule has 0 rings (SSSR count). The summed E-state index contributed by atoms with van der Waals surface area (Å²) in [5, 5.41) is 10.0. The third-order valence-corrected chi connectivity index (χ3v) is 7.78. The lowest BCUT2D eigenvalue weighted by molar-refractivity contribution is -0.181. The van der Waals surface area contributed by atoms with E-state index in [1.165, 1.54) is 0 Å². The summed E-state index contributed by atoms with van der Waals surface area (Å²) in [5.74, 6) is -0.588. The third kappa shape index (κ3) is 10.5. The third-order valence-electron chi connectivity index (χ3n) is 7.78. The first-order chi connectivity index (χ1) is 16.0. The van der Waals surface area contributed by atoms with Gasteiger partial charge >= 0.3 is 12.1 Å². The maximum atomic E-state index is 12.9. The van der Waals surface area contributed by atoms with Crippen LogP contribution in [-0.4, -0.2) is 66.1 Å². The Balaban J connectivity index is 4.95. The molecule has 0 aromatic heterocycles. The minimum Gasteiger partial charge on any atom is -0.462 e. The van der Waals surface area contributed by atoms with Gasteiger partial charge in [-0.1, -0.05) is 20.8 Å². The highest BCUT2D eigenvalue weighted by molar-refractivity contribution is 5.77. The summed E-state index contributed by atoms with van der Waals surface area (Å²) in [5.41, 5.74) is -3.98. The zero-order valence-electron chi connectivity index (χ0n) is 25.4. The van der Waals surface area contributed by atoms with Crippen LogP contribution in [0.4, 0.5) is 4.79 Å². The average molecular weight is 519 g/mol. The van der Waals surface area contributed by atoms with E-state index in [1.54, 1.807) is 20.8 Å². The number of rotatable bonds is 15. The van der Waals surface area contributed by atoms with Gasteiger partial charge in [0.15, 0.2) is 0 Å². The molecule has 0 aromatic carbocycles. The molecule has 0 saturated heterocycles. The van der Waals surface area contributed by atoms with Crippen LogP contribution < -0.4 is 0 Å². The monoisotopic (exact) mass is 518 g/mol. The van der Waals surface area contributed by atoms with Crippen LogP contribution in [0, 0.1) is 16.7 Å². The summed E-state index contributed by atoms with van der Waals surface area (Å²) >= 11 is 0. The zero-order valence-corrected chi connectivity index (χ0v) is 25.4. The van der Waals surface area contributed by atoms with Crippen LogP contribution in [0.15, 0.2) is 0 Å². The highest BCUT2D eigenvalue weighted by atomic mass is 16.7. The van der Waals surface area contributed by atoms with Gasteiger partial charge in [0.2, 0.25) is 0 Å². The first-order valence-corrected chi connectivity index (χ1v) is 13.0. The van der Waals surface area contributed by atoms with E-state index in [0.717, 1.165) is 0 Å². The van der Waals surface area contributed by atoms with Gasteiger partial charge in [-0.05, 0) is 82.6 Å². The number of esters is 1.